The molecular weight excluding hydrogens is 275 g/mol. The first-order chi connectivity index (χ1) is 6.48. The summed E-state index contributed by atoms with van der Waals surface area (Å²) in [6.45, 7) is 0.310. The van der Waals surface area contributed by atoms with Crippen LogP contribution in [0.1, 0.15) is 12.8 Å². The van der Waals surface area contributed by atoms with Crippen molar-refractivity contribution in [1.82, 2.24) is 0 Å². The molecule has 0 aromatic heterocycles. The maximum absolute atomic E-state index is 10.2. The number of phosphoric acid groups is 1. The largest absolute Gasteiger partial charge is 1.00 e. The molecule has 0 aromatic rings. The van der Waals surface area contributed by atoms with Crippen LogP contribution in [0.5, 0.6) is 0 Å². The molecule has 8 N–H and O–H groups in total. The van der Waals surface area contributed by atoms with Crippen molar-refractivity contribution in [3.05, 3.63) is 5.85 Å². The second-order valence-corrected chi connectivity index (χ2v) is 5.00. The fourth-order valence-corrected chi connectivity index (χ4v) is 0.855. The molecule has 0 radical (unpaired) electrons. The molecule has 0 saturated heterocycles. The molecule has 0 aromatic carbocycles. The predicted octanol–water partition coefficient (Wildman–Crippen LogP) is -4.16. The predicted molar refractivity (Wildman–Crippen MR) is 49.8 cm³/mol. The molecule has 0 atom stereocenters. The van der Waals surface area contributed by atoms with Gasteiger partial charge in [-0.1, -0.05) is 12.3 Å². The molecule has 12 heteroatoms. The molecule has 0 amide bonds. The van der Waals surface area contributed by atoms with Crippen LogP contribution in [0.25, 0.3) is 0 Å². The van der Waals surface area contributed by atoms with Gasteiger partial charge in [-0.25, -0.2) is 4.57 Å². The zero-order valence-corrected chi connectivity index (χ0v) is 12.4. The first-order valence-electron chi connectivity index (χ1n) is 3.57. The second kappa shape index (κ2) is 10.1. The van der Waals surface area contributed by atoms with Gasteiger partial charge in [-0.15, -0.1) is 6.42 Å². The normalized spacial score (nSPS) is 11.5. The maximum atomic E-state index is 10.2. The van der Waals surface area contributed by atoms with Crippen LogP contribution in [0.4, 0.5) is 0 Å². The summed E-state index contributed by atoms with van der Waals surface area (Å²) in [5.41, 5.74) is 5.04. The molecule has 0 aliphatic heterocycles. The Balaban J connectivity index is -0.000000242. The molecule has 0 fully saturated rings. The molecule has 16 heavy (non-hydrogen) atoms. The minimum Gasteiger partial charge on any atom is -0.551 e. The van der Waals surface area contributed by atoms with Crippen LogP contribution in [0.3, 0.4) is 0 Å². The van der Waals surface area contributed by atoms with Gasteiger partial charge in [0.2, 0.25) is 7.60 Å². The van der Waals surface area contributed by atoms with E-state index in [-0.39, 0.29) is 36.0 Å². The van der Waals surface area contributed by atoms with Gasteiger partial charge in [0, 0.05) is 0 Å². The van der Waals surface area contributed by atoms with Gasteiger partial charge in [0.1, 0.15) is 0 Å². The van der Waals surface area contributed by atoms with Gasteiger partial charge in [0.05, 0.1) is 0 Å². The van der Waals surface area contributed by atoms with Crippen molar-refractivity contribution in [2.24, 2.45) is 5.73 Å². The minimum atomic E-state index is -4.64. The van der Waals surface area contributed by atoms with E-state index in [4.69, 9.17) is 39.9 Å². The van der Waals surface area contributed by atoms with Crippen LogP contribution >= 0.6 is 15.4 Å². The minimum absolute atomic E-state index is 0. The summed E-state index contributed by atoms with van der Waals surface area (Å²) < 4.78 is 19.1. The summed E-state index contributed by atoms with van der Waals surface area (Å²) in [7, 11) is -9.01. The van der Waals surface area contributed by atoms with E-state index in [9.17, 15) is 4.57 Å². The summed E-state index contributed by atoms with van der Waals surface area (Å²) in [4.78, 5) is 38.2. The number of nitrogens with two attached hydrogens (primary N) is 1. The van der Waals surface area contributed by atoms with Crippen LogP contribution in [0, 0.1) is 5.85 Å². The average molecular weight is 289 g/mol. The van der Waals surface area contributed by atoms with E-state index in [2.05, 4.69) is 0 Å². The zero-order valence-electron chi connectivity index (χ0n) is 8.59. The number of hydrogen-bond acceptors (Lipinski definition) is 4. The summed E-state index contributed by atoms with van der Waals surface area (Å²) in [6.07, 6.45) is 0.359. The molecule has 0 spiro atoms. The van der Waals surface area contributed by atoms with Crippen molar-refractivity contribution in [3.63, 3.8) is 0 Å². The second-order valence-electron chi connectivity index (χ2n) is 2.37. The maximum Gasteiger partial charge on any atom is 1.00 e. The Hall–Kier alpha value is 1.18. The fourth-order valence-electron chi connectivity index (χ4n) is 0.406. The van der Waals surface area contributed by atoms with Crippen LogP contribution in [-0.2, 0) is 9.13 Å². The summed E-state index contributed by atoms with van der Waals surface area (Å²) in [5, 5.41) is 8.61. The Morgan fingerprint density at radius 2 is 1.38 bits per heavy atom. The molecule has 9 nitrogen and oxygen atoms in total. The molecule has 0 rings (SSSR count). The van der Waals surface area contributed by atoms with E-state index in [0.717, 1.165) is 0 Å². The Morgan fingerprint density at radius 3 is 1.56 bits per heavy atom. The van der Waals surface area contributed by atoms with Gasteiger partial charge in [-0.2, -0.15) is 0 Å². The SMILES string of the molecule is NCCC[C-](O)P(=O)(O)O.O=P(O)(O)O.[Na+]. The molecular formula is C4H14NNaO8P2. The number of aliphatic hydroxyl groups excluding tert-OH is 1. The van der Waals surface area contributed by atoms with Crippen LogP contribution in [-0.4, -0.2) is 36.1 Å². The Kier molecular flexibility index (Phi) is 14.2. The summed E-state index contributed by atoms with van der Waals surface area (Å²) in [5.74, 6) is -0.780. The van der Waals surface area contributed by atoms with Crippen molar-refractivity contribution in [1.29, 1.82) is 0 Å². The van der Waals surface area contributed by atoms with Crippen LogP contribution in [0.2, 0.25) is 0 Å². The molecule has 94 valence electrons. The average Bonchev–Trinajstić information content (AvgIpc) is 1.94. The molecule has 0 unspecified atom stereocenters. The van der Waals surface area contributed by atoms with E-state index >= 15 is 0 Å². The number of rotatable bonds is 4. The van der Waals surface area contributed by atoms with Gasteiger partial charge >= 0.3 is 37.4 Å². The Bertz CT molecular complexity index is 242. The van der Waals surface area contributed by atoms with E-state index in [1.807, 2.05) is 0 Å². The zero-order chi connectivity index (χ0) is 12.7. The fraction of sp³-hybridized carbons (Fsp3) is 0.750. The molecule has 0 aliphatic carbocycles. The van der Waals surface area contributed by atoms with Gasteiger partial charge < -0.3 is 35.3 Å². The number of hydrogen-bond donors (Lipinski definition) is 7. The van der Waals surface area contributed by atoms with Gasteiger partial charge in [-0.3, -0.25) is 4.57 Å². The third-order valence-electron chi connectivity index (χ3n) is 0.941. The van der Waals surface area contributed by atoms with Crippen molar-refractivity contribution in [2.45, 2.75) is 12.8 Å². The van der Waals surface area contributed by atoms with E-state index in [0.29, 0.717) is 13.0 Å². The van der Waals surface area contributed by atoms with Crippen LogP contribution in [0.15, 0.2) is 0 Å². The third kappa shape index (κ3) is 24.4. The Morgan fingerprint density at radius 1 is 1.06 bits per heavy atom. The molecule has 0 aliphatic rings. The van der Waals surface area contributed by atoms with E-state index in [1.54, 1.807) is 0 Å². The Labute approximate surface area is 114 Å². The molecule has 0 bridgehead atoms. The van der Waals surface area contributed by atoms with Gasteiger partial charge in [0.15, 0.2) is 0 Å². The van der Waals surface area contributed by atoms with Crippen molar-refractivity contribution >= 4 is 15.4 Å². The first-order valence-corrected chi connectivity index (χ1v) is 6.75. The third-order valence-corrected chi connectivity index (χ3v) is 1.84. The summed E-state index contributed by atoms with van der Waals surface area (Å²) in [6, 6.07) is 0. The molecule has 0 saturated carbocycles. The standard InChI is InChI=1S/C4H11NO4P.Na.H3O4P/c5-3-1-2-4(6)10(7,8)9;;1-5(2,3)4/h6H,1-3,5H2,(H2,7,8,9);;(H3,1,2,3,4)/q-1;+1;. The number of aliphatic hydroxyl groups is 1. The van der Waals surface area contributed by atoms with E-state index in [1.165, 1.54) is 0 Å². The molecule has 0 heterocycles. The van der Waals surface area contributed by atoms with Gasteiger partial charge in [0.25, 0.3) is 0 Å². The topological polar surface area (TPSA) is 182 Å². The summed E-state index contributed by atoms with van der Waals surface area (Å²) >= 11 is 0. The van der Waals surface area contributed by atoms with Crippen LogP contribution < -0.4 is 35.3 Å². The van der Waals surface area contributed by atoms with Gasteiger partial charge in [-0.05, 0) is 6.54 Å². The van der Waals surface area contributed by atoms with E-state index < -0.39 is 21.3 Å². The monoisotopic (exact) mass is 289 g/mol. The van der Waals surface area contributed by atoms with Crippen molar-refractivity contribution in [3.8, 4) is 0 Å². The van der Waals surface area contributed by atoms with Crippen molar-refractivity contribution in [2.75, 3.05) is 6.54 Å². The quantitative estimate of drug-likeness (QED) is 0.153. The first kappa shape index (κ1) is 22.4. The van der Waals surface area contributed by atoms with Crippen molar-refractivity contribution < 1.29 is 68.3 Å². The smallest absolute Gasteiger partial charge is 0.551 e.